The van der Waals surface area contributed by atoms with Gasteiger partial charge < -0.3 is 4.90 Å². The molecule has 8 nitrogen and oxygen atoms in total. The largest absolute Gasteiger partial charge is 0.349 e. The van der Waals surface area contributed by atoms with E-state index in [0.29, 0.717) is 5.69 Å². The number of fused-ring (bicyclic) bond motifs is 2. The molecule has 0 spiro atoms. The van der Waals surface area contributed by atoms with Crippen molar-refractivity contribution in [2.75, 3.05) is 16.6 Å². The Kier molecular flexibility index (Phi) is 3.34. The Labute approximate surface area is 131 Å². The van der Waals surface area contributed by atoms with Gasteiger partial charge in [0.05, 0.1) is 5.69 Å². The Bertz CT molecular complexity index is 751. The molecule has 1 atom stereocenters. The van der Waals surface area contributed by atoms with Gasteiger partial charge in [-0.1, -0.05) is 4.48 Å². The number of benzene rings is 1. The number of nitrogens with zero attached hydrogens (tertiary/aromatic N) is 3. The number of nitrogens with one attached hydrogen (secondary N) is 1. The van der Waals surface area contributed by atoms with Crippen LogP contribution in [0, 0.1) is 13.8 Å². The Hall–Kier alpha value is -2.52. The van der Waals surface area contributed by atoms with Crippen molar-refractivity contribution in [3.8, 4) is 0 Å². The minimum absolute atomic E-state index is 0.0980. The molecule has 3 rings (SSSR count). The van der Waals surface area contributed by atoms with Gasteiger partial charge in [-0.25, -0.2) is 10.1 Å². The molecule has 0 radical (unpaired) electrons. The lowest BCUT2D eigenvalue weighted by molar-refractivity contribution is -0.292. The van der Waals surface area contributed by atoms with Gasteiger partial charge in [0.25, 0.3) is 5.91 Å². The summed E-state index contributed by atoms with van der Waals surface area (Å²) in [5.74, 6) is -1.64. The summed E-state index contributed by atoms with van der Waals surface area (Å²) >= 11 is 0. The van der Waals surface area contributed by atoms with Crippen molar-refractivity contribution in [2.45, 2.75) is 26.5 Å². The highest BCUT2D eigenvalue weighted by molar-refractivity contribution is 6.28. The lowest BCUT2D eigenvalue weighted by atomic mass is 9.98. The molecule has 2 aliphatic heterocycles. The molecule has 2 N–H and O–H groups in total. The van der Waals surface area contributed by atoms with E-state index in [2.05, 4.69) is 9.88 Å². The van der Waals surface area contributed by atoms with Crippen molar-refractivity contribution in [1.29, 1.82) is 0 Å². The number of anilines is 2. The van der Waals surface area contributed by atoms with Crippen LogP contribution in [-0.4, -0.2) is 35.3 Å². The molecule has 0 bridgehead atoms. The highest BCUT2D eigenvalue weighted by Gasteiger charge is 2.60. The Morgan fingerprint density at radius 1 is 1.30 bits per heavy atom. The summed E-state index contributed by atoms with van der Waals surface area (Å²) in [6.45, 7) is 5.55. The molecule has 2 heterocycles. The first-order valence-electron chi connectivity index (χ1n) is 6.98. The number of halogens is 1. The molecule has 122 valence electrons. The molecule has 0 saturated heterocycles. The van der Waals surface area contributed by atoms with Crippen molar-refractivity contribution < 1.29 is 24.2 Å². The quantitative estimate of drug-likeness (QED) is 0.489. The molecule has 23 heavy (non-hydrogen) atoms. The van der Waals surface area contributed by atoms with Gasteiger partial charge >= 0.3 is 11.8 Å². The standard InChI is InChI=1S/C14H15FN4O4/c1-4-18-9-5-7(2)8(3)6-10(9)19(15)11-14(18,23-22)12(20)17-13(21)16-11/h5-6,22H,4H2,1-3H3,(H,17,20,21). The minimum Gasteiger partial charge on any atom is -0.325 e. The van der Waals surface area contributed by atoms with E-state index in [-0.39, 0.29) is 17.4 Å². The van der Waals surface area contributed by atoms with Gasteiger partial charge in [0.15, 0.2) is 0 Å². The van der Waals surface area contributed by atoms with Crippen LogP contribution in [0.3, 0.4) is 0 Å². The average molecular weight is 322 g/mol. The van der Waals surface area contributed by atoms with Crippen molar-refractivity contribution in [3.05, 3.63) is 23.3 Å². The normalized spacial score (nSPS) is 23.3. The van der Waals surface area contributed by atoms with Crippen molar-refractivity contribution in [1.82, 2.24) is 5.32 Å². The summed E-state index contributed by atoms with van der Waals surface area (Å²) in [6.07, 6.45) is 0. The lowest BCUT2D eigenvalue weighted by Gasteiger charge is -2.47. The third-order valence-electron chi connectivity index (χ3n) is 4.15. The fourth-order valence-electron chi connectivity index (χ4n) is 2.87. The number of rotatable bonds is 2. The van der Waals surface area contributed by atoms with Crippen molar-refractivity contribution in [2.24, 2.45) is 4.99 Å². The number of amidine groups is 1. The van der Waals surface area contributed by atoms with Gasteiger partial charge in [-0.05, 0) is 44.0 Å². The number of likely N-dealkylation sites (N-methyl/N-ethyl adjacent to an activating group) is 1. The second kappa shape index (κ2) is 5.00. The van der Waals surface area contributed by atoms with Crippen LogP contribution in [0.15, 0.2) is 17.1 Å². The number of aliphatic imine (C=N–C) groups is 1. The number of amides is 3. The average Bonchev–Trinajstić information content (AvgIpc) is 2.51. The number of aryl methyl sites for hydroxylation is 2. The number of carbonyl (C=O) groups is 2. The van der Waals surface area contributed by atoms with E-state index in [1.165, 1.54) is 4.90 Å². The third-order valence-corrected chi connectivity index (χ3v) is 4.15. The van der Waals surface area contributed by atoms with Crippen LogP contribution in [-0.2, 0) is 9.68 Å². The monoisotopic (exact) mass is 322 g/mol. The van der Waals surface area contributed by atoms with Gasteiger partial charge in [0.1, 0.15) is 5.69 Å². The molecule has 1 aromatic rings. The Balaban J connectivity index is 2.35. The first-order valence-corrected chi connectivity index (χ1v) is 6.98. The molecule has 0 aromatic heterocycles. The zero-order valence-corrected chi connectivity index (χ0v) is 12.8. The maximum atomic E-state index is 14.9. The molecule has 3 amide bonds. The molecule has 0 fully saturated rings. The van der Waals surface area contributed by atoms with Crippen LogP contribution in [0.4, 0.5) is 20.7 Å². The number of hydrogen-bond donors (Lipinski definition) is 2. The number of carbonyl (C=O) groups excluding carboxylic acids is 2. The summed E-state index contributed by atoms with van der Waals surface area (Å²) < 4.78 is 14.9. The first-order chi connectivity index (χ1) is 10.9. The fraction of sp³-hybridized carbons (Fsp3) is 0.357. The first kappa shape index (κ1) is 15.4. The highest BCUT2D eigenvalue weighted by Crippen LogP contribution is 2.44. The van der Waals surface area contributed by atoms with Crippen LogP contribution >= 0.6 is 0 Å². The summed E-state index contributed by atoms with van der Waals surface area (Å²) in [5.41, 5.74) is -0.102. The van der Waals surface area contributed by atoms with Crippen molar-refractivity contribution >= 4 is 29.1 Å². The van der Waals surface area contributed by atoms with E-state index in [0.717, 1.165) is 11.1 Å². The SMILES string of the molecule is CCN1c2cc(C)c(C)cc2N(F)C2=NC(=O)NC(=O)C21OO. The van der Waals surface area contributed by atoms with Gasteiger partial charge in [-0.3, -0.25) is 10.1 Å². The molecule has 1 unspecified atom stereocenters. The lowest BCUT2D eigenvalue weighted by Crippen LogP contribution is -2.72. The molecule has 9 heteroatoms. The minimum atomic E-state index is -2.26. The maximum Gasteiger partial charge on any atom is 0.349 e. The van der Waals surface area contributed by atoms with E-state index in [1.807, 2.05) is 19.2 Å². The maximum absolute atomic E-state index is 14.9. The van der Waals surface area contributed by atoms with Crippen LogP contribution in [0.5, 0.6) is 0 Å². The van der Waals surface area contributed by atoms with E-state index < -0.39 is 23.5 Å². The summed E-state index contributed by atoms with van der Waals surface area (Å²) in [6, 6.07) is 2.24. The summed E-state index contributed by atoms with van der Waals surface area (Å²) in [7, 11) is 0. The second-order valence-electron chi connectivity index (χ2n) is 5.38. The van der Waals surface area contributed by atoms with Crippen LogP contribution in [0.2, 0.25) is 0 Å². The molecule has 0 aliphatic carbocycles. The van der Waals surface area contributed by atoms with Crippen LogP contribution < -0.4 is 15.3 Å². The highest BCUT2D eigenvalue weighted by atomic mass is 19.2. The van der Waals surface area contributed by atoms with Crippen molar-refractivity contribution in [3.63, 3.8) is 0 Å². The fourth-order valence-corrected chi connectivity index (χ4v) is 2.87. The smallest absolute Gasteiger partial charge is 0.325 e. The van der Waals surface area contributed by atoms with Gasteiger partial charge in [0, 0.05) is 6.54 Å². The Morgan fingerprint density at radius 3 is 2.48 bits per heavy atom. The van der Waals surface area contributed by atoms with E-state index in [9.17, 15) is 19.3 Å². The van der Waals surface area contributed by atoms with Crippen LogP contribution in [0.1, 0.15) is 18.1 Å². The predicted octanol–water partition coefficient (Wildman–Crippen LogP) is 1.67. The number of hydrogen-bond acceptors (Lipinski definition) is 6. The van der Waals surface area contributed by atoms with Crippen LogP contribution in [0.25, 0.3) is 0 Å². The molecule has 2 aliphatic rings. The topological polar surface area (TPSA) is 94.5 Å². The zero-order valence-electron chi connectivity index (χ0n) is 12.8. The number of imide groups is 1. The van der Waals surface area contributed by atoms with Gasteiger partial charge in [0.2, 0.25) is 5.84 Å². The molecule has 1 aromatic carbocycles. The van der Waals surface area contributed by atoms with E-state index in [4.69, 9.17) is 0 Å². The van der Waals surface area contributed by atoms with Gasteiger partial charge in [-0.2, -0.15) is 15.0 Å². The van der Waals surface area contributed by atoms with E-state index >= 15 is 0 Å². The molecule has 0 saturated carbocycles. The van der Waals surface area contributed by atoms with E-state index in [1.54, 1.807) is 19.1 Å². The predicted molar refractivity (Wildman–Crippen MR) is 79.9 cm³/mol. The second-order valence-corrected chi connectivity index (χ2v) is 5.38. The summed E-state index contributed by atoms with van der Waals surface area (Å²) in [5, 5.41) is 11.4. The van der Waals surface area contributed by atoms with Gasteiger partial charge in [-0.15, -0.1) is 0 Å². The molecular weight excluding hydrogens is 307 g/mol. The third kappa shape index (κ3) is 1.87. The molecular formula is C14H15FN4O4. The Morgan fingerprint density at radius 2 is 1.91 bits per heavy atom. The zero-order chi connectivity index (χ0) is 16.9. The summed E-state index contributed by atoms with van der Waals surface area (Å²) in [4.78, 5) is 33.1. The number of urea groups is 1.